The van der Waals surface area contributed by atoms with Crippen LogP contribution in [-0.4, -0.2) is 33.9 Å². The number of rotatable bonds is 4. The molecule has 3 heterocycles. The van der Waals surface area contributed by atoms with E-state index in [0.717, 1.165) is 35.6 Å². The lowest BCUT2D eigenvalue weighted by Crippen LogP contribution is -2.38. The second kappa shape index (κ2) is 7.82. The highest BCUT2D eigenvalue weighted by Gasteiger charge is 2.27. The van der Waals surface area contributed by atoms with Crippen molar-refractivity contribution in [2.24, 2.45) is 0 Å². The number of likely N-dealkylation sites (tertiary alicyclic amines) is 1. The monoisotopic (exact) mass is 415 g/mol. The van der Waals surface area contributed by atoms with Gasteiger partial charge in [-0.3, -0.25) is 4.79 Å². The molecule has 29 heavy (non-hydrogen) atoms. The molecule has 1 fully saturated rings. The Bertz CT molecular complexity index is 1010. The van der Waals surface area contributed by atoms with E-state index in [-0.39, 0.29) is 17.2 Å². The maximum atomic E-state index is 12.6. The fourth-order valence-electron chi connectivity index (χ4n) is 3.61. The van der Waals surface area contributed by atoms with Crippen molar-refractivity contribution < 1.29 is 13.6 Å². The fraction of sp³-hybridized carbons (Fsp3) is 0.500. The zero-order valence-corrected chi connectivity index (χ0v) is 17.8. The normalized spacial score (nSPS) is 15.9. The zero-order valence-electron chi connectivity index (χ0n) is 17.1. The number of hydrogen-bond acceptors (Lipinski definition) is 5. The van der Waals surface area contributed by atoms with Gasteiger partial charge in [-0.2, -0.15) is 0 Å². The van der Waals surface area contributed by atoms with E-state index in [1.54, 1.807) is 12.3 Å². The van der Waals surface area contributed by atoms with E-state index >= 15 is 0 Å². The minimum atomic E-state index is -0.0762. The van der Waals surface area contributed by atoms with Crippen molar-refractivity contribution in [1.82, 2.24) is 14.9 Å². The smallest absolute Gasteiger partial charge is 0.223 e. The third kappa shape index (κ3) is 4.47. The lowest BCUT2D eigenvalue weighted by molar-refractivity contribution is -0.132. The van der Waals surface area contributed by atoms with Crippen LogP contribution in [0.25, 0.3) is 11.1 Å². The molecule has 1 aromatic carbocycles. The van der Waals surface area contributed by atoms with Crippen molar-refractivity contribution >= 4 is 28.6 Å². The topological polar surface area (TPSA) is 72.4 Å². The number of carbonyl (C=O) groups excluding carboxylic acids is 1. The molecule has 0 radical (unpaired) electrons. The number of fused-ring (bicyclic) bond motifs is 1. The molecule has 6 nitrogen and oxygen atoms in total. The summed E-state index contributed by atoms with van der Waals surface area (Å²) in [5, 5.41) is 0.651. The van der Waals surface area contributed by atoms with Crippen LogP contribution in [0.1, 0.15) is 63.5 Å². The van der Waals surface area contributed by atoms with E-state index in [4.69, 9.17) is 20.4 Å². The third-order valence-corrected chi connectivity index (χ3v) is 5.64. The highest BCUT2D eigenvalue weighted by atomic mass is 35.5. The molecule has 0 aliphatic carbocycles. The Hall–Kier alpha value is -2.34. The minimum absolute atomic E-state index is 0.0762. The van der Waals surface area contributed by atoms with Crippen molar-refractivity contribution in [2.45, 2.75) is 57.8 Å². The van der Waals surface area contributed by atoms with Crippen LogP contribution in [0.4, 0.5) is 0 Å². The summed E-state index contributed by atoms with van der Waals surface area (Å²) in [6.07, 6.45) is 4.40. The standard InChI is InChI=1S/C22H26ClN3O3/c1-22(2,3)18-13-24-19(29-18)6-7-20(27)26-10-8-14(9-11-26)21-25-16-12-15(23)4-5-17(16)28-21/h4-5,12-14H,6-11H2,1-3H3. The van der Waals surface area contributed by atoms with Crippen molar-refractivity contribution in [1.29, 1.82) is 0 Å². The Morgan fingerprint density at radius 2 is 2.00 bits per heavy atom. The first-order valence-electron chi connectivity index (χ1n) is 10.1. The molecule has 0 saturated carbocycles. The van der Waals surface area contributed by atoms with Crippen LogP contribution < -0.4 is 0 Å². The zero-order chi connectivity index (χ0) is 20.6. The van der Waals surface area contributed by atoms with Crippen LogP contribution in [0.5, 0.6) is 0 Å². The molecule has 0 N–H and O–H groups in total. The van der Waals surface area contributed by atoms with Gasteiger partial charge in [-0.25, -0.2) is 9.97 Å². The summed E-state index contributed by atoms with van der Waals surface area (Å²) < 4.78 is 11.7. The molecule has 2 aromatic heterocycles. The Morgan fingerprint density at radius 1 is 1.24 bits per heavy atom. The molecule has 0 atom stereocenters. The summed E-state index contributed by atoms with van der Waals surface area (Å²) in [5.41, 5.74) is 1.46. The van der Waals surface area contributed by atoms with E-state index < -0.39 is 0 Å². The van der Waals surface area contributed by atoms with Gasteiger partial charge in [0.15, 0.2) is 17.4 Å². The number of halogens is 1. The molecule has 3 aromatic rings. The Labute approximate surface area is 175 Å². The second-order valence-corrected chi connectivity index (χ2v) is 9.12. The molecule has 1 aliphatic heterocycles. The highest BCUT2D eigenvalue weighted by Crippen LogP contribution is 2.31. The second-order valence-electron chi connectivity index (χ2n) is 8.69. The Balaban J connectivity index is 1.30. The molecule has 0 spiro atoms. The maximum absolute atomic E-state index is 12.6. The number of aromatic nitrogens is 2. The van der Waals surface area contributed by atoms with E-state index in [9.17, 15) is 4.79 Å². The van der Waals surface area contributed by atoms with Crippen molar-refractivity contribution in [2.75, 3.05) is 13.1 Å². The van der Waals surface area contributed by atoms with E-state index in [1.807, 2.05) is 17.0 Å². The van der Waals surface area contributed by atoms with Gasteiger partial charge in [-0.1, -0.05) is 32.4 Å². The largest absolute Gasteiger partial charge is 0.445 e. The quantitative estimate of drug-likeness (QED) is 0.592. The number of benzene rings is 1. The van der Waals surface area contributed by atoms with Crippen LogP contribution in [0.3, 0.4) is 0 Å². The van der Waals surface area contributed by atoms with Crippen LogP contribution >= 0.6 is 11.6 Å². The summed E-state index contributed by atoms with van der Waals surface area (Å²) in [5.74, 6) is 2.59. The van der Waals surface area contributed by atoms with Gasteiger partial charge in [0, 0.05) is 42.3 Å². The van der Waals surface area contributed by atoms with Crippen LogP contribution in [0.15, 0.2) is 33.2 Å². The van der Waals surface area contributed by atoms with Crippen molar-refractivity contribution in [3.63, 3.8) is 0 Å². The van der Waals surface area contributed by atoms with Crippen LogP contribution in [0.2, 0.25) is 5.02 Å². The summed E-state index contributed by atoms with van der Waals surface area (Å²) in [7, 11) is 0. The van der Waals surface area contributed by atoms with Gasteiger partial charge in [-0.05, 0) is 31.0 Å². The molecule has 0 bridgehead atoms. The van der Waals surface area contributed by atoms with Gasteiger partial charge in [-0.15, -0.1) is 0 Å². The van der Waals surface area contributed by atoms with Gasteiger partial charge in [0.2, 0.25) is 5.91 Å². The predicted molar refractivity (Wildman–Crippen MR) is 111 cm³/mol. The third-order valence-electron chi connectivity index (χ3n) is 5.41. The summed E-state index contributed by atoms with van der Waals surface area (Å²) in [4.78, 5) is 23.4. The van der Waals surface area contributed by atoms with Crippen LogP contribution in [-0.2, 0) is 16.6 Å². The minimum Gasteiger partial charge on any atom is -0.445 e. The van der Waals surface area contributed by atoms with Gasteiger partial charge < -0.3 is 13.7 Å². The van der Waals surface area contributed by atoms with E-state index in [1.165, 1.54) is 0 Å². The molecule has 1 saturated heterocycles. The molecular weight excluding hydrogens is 390 g/mol. The number of carbonyl (C=O) groups is 1. The van der Waals surface area contributed by atoms with Gasteiger partial charge in [0.05, 0.1) is 6.20 Å². The predicted octanol–water partition coefficient (Wildman–Crippen LogP) is 5.11. The lowest BCUT2D eigenvalue weighted by Gasteiger charge is -2.30. The molecular formula is C22H26ClN3O3. The average Bonchev–Trinajstić information content (AvgIpc) is 3.32. The number of oxazole rings is 2. The van der Waals surface area contributed by atoms with Crippen LogP contribution in [0, 0.1) is 0 Å². The fourth-order valence-corrected chi connectivity index (χ4v) is 3.78. The first kappa shape index (κ1) is 20.0. The van der Waals surface area contributed by atoms with E-state index in [2.05, 4.69) is 30.7 Å². The molecule has 7 heteroatoms. The van der Waals surface area contributed by atoms with Crippen molar-refractivity contribution in [3.05, 3.63) is 47.0 Å². The summed E-state index contributed by atoms with van der Waals surface area (Å²) in [6, 6.07) is 5.47. The average molecular weight is 416 g/mol. The molecule has 1 amide bonds. The van der Waals surface area contributed by atoms with Gasteiger partial charge in [0.25, 0.3) is 0 Å². The molecule has 4 rings (SSSR count). The van der Waals surface area contributed by atoms with Gasteiger partial charge >= 0.3 is 0 Å². The van der Waals surface area contributed by atoms with Gasteiger partial charge in [0.1, 0.15) is 11.3 Å². The Morgan fingerprint density at radius 3 is 2.69 bits per heavy atom. The first-order chi connectivity index (χ1) is 13.8. The molecule has 154 valence electrons. The molecule has 1 aliphatic rings. The number of hydrogen-bond donors (Lipinski definition) is 0. The number of aryl methyl sites for hydroxylation is 1. The Kier molecular flexibility index (Phi) is 5.38. The van der Waals surface area contributed by atoms with E-state index in [0.29, 0.717) is 36.8 Å². The molecule has 0 unspecified atom stereocenters. The maximum Gasteiger partial charge on any atom is 0.223 e. The lowest BCUT2D eigenvalue weighted by atomic mass is 9.94. The summed E-state index contributed by atoms with van der Waals surface area (Å²) >= 11 is 6.03. The first-order valence-corrected chi connectivity index (χ1v) is 10.5. The highest BCUT2D eigenvalue weighted by molar-refractivity contribution is 6.31. The number of nitrogens with zero attached hydrogens (tertiary/aromatic N) is 3. The number of amides is 1. The number of piperidine rings is 1. The summed E-state index contributed by atoms with van der Waals surface area (Å²) in [6.45, 7) is 7.66. The SMILES string of the molecule is CC(C)(C)c1cnc(CCC(=O)N2CCC(c3nc4cc(Cl)ccc4o3)CC2)o1. The van der Waals surface area contributed by atoms with Crippen molar-refractivity contribution in [3.8, 4) is 0 Å².